The van der Waals surface area contributed by atoms with Crippen LogP contribution in [0.25, 0.3) is 0 Å². The lowest BCUT2D eigenvalue weighted by Gasteiger charge is -2.27. The zero-order valence-electron chi connectivity index (χ0n) is 15.1. The van der Waals surface area contributed by atoms with Gasteiger partial charge < -0.3 is 19.7 Å². The average molecular weight is 336 g/mol. The van der Waals surface area contributed by atoms with E-state index in [-0.39, 0.29) is 17.9 Å². The Bertz CT molecular complexity index is 521. The summed E-state index contributed by atoms with van der Waals surface area (Å²) < 4.78 is 10.1. The highest BCUT2D eigenvalue weighted by Gasteiger charge is 2.23. The molecule has 134 valence electrons. The number of benzene rings is 1. The lowest BCUT2D eigenvalue weighted by atomic mass is 10.0. The first-order valence-electron chi connectivity index (χ1n) is 8.03. The molecular formula is C18H28N2O4. The van der Waals surface area contributed by atoms with Gasteiger partial charge in [0, 0.05) is 27.8 Å². The van der Waals surface area contributed by atoms with Crippen molar-refractivity contribution < 1.29 is 19.1 Å². The molecule has 0 saturated carbocycles. The second-order valence-corrected chi connectivity index (χ2v) is 5.87. The lowest BCUT2D eigenvalue weighted by Crippen LogP contribution is -2.49. The quantitative estimate of drug-likeness (QED) is 0.737. The van der Waals surface area contributed by atoms with Crippen molar-refractivity contribution in [3.8, 4) is 0 Å². The van der Waals surface area contributed by atoms with Crippen molar-refractivity contribution in [2.24, 2.45) is 0 Å². The number of amides is 2. The first-order valence-corrected chi connectivity index (χ1v) is 8.03. The van der Waals surface area contributed by atoms with Crippen molar-refractivity contribution >= 4 is 11.8 Å². The predicted molar refractivity (Wildman–Crippen MR) is 92.7 cm³/mol. The highest BCUT2D eigenvalue weighted by Crippen LogP contribution is 2.06. The summed E-state index contributed by atoms with van der Waals surface area (Å²) >= 11 is 0. The van der Waals surface area contributed by atoms with E-state index in [0.29, 0.717) is 13.0 Å². The van der Waals surface area contributed by atoms with Gasteiger partial charge in [-0.3, -0.25) is 9.59 Å². The van der Waals surface area contributed by atoms with Crippen LogP contribution in [0, 0.1) is 0 Å². The summed E-state index contributed by atoms with van der Waals surface area (Å²) in [4.78, 5) is 25.9. The van der Waals surface area contributed by atoms with Gasteiger partial charge in [0.2, 0.25) is 5.91 Å². The molecule has 0 aliphatic heterocycles. The van der Waals surface area contributed by atoms with E-state index in [0.717, 1.165) is 5.56 Å². The highest BCUT2D eigenvalue weighted by atomic mass is 16.5. The molecule has 6 heteroatoms. The van der Waals surface area contributed by atoms with Crippen LogP contribution in [0.3, 0.4) is 0 Å². The molecular weight excluding hydrogens is 308 g/mol. The molecule has 3 atom stereocenters. The predicted octanol–water partition coefficient (Wildman–Crippen LogP) is 1.24. The molecule has 0 aliphatic carbocycles. The van der Waals surface area contributed by atoms with Gasteiger partial charge in [-0.25, -0.2) is 0 Å². The molecule has 0 bridgehead atoms. The van der Waals surface area contributed by atoms with Gasteiger partial charge in [-0.15, -0.1) is 0 Å². The van der Waals surface area contributed by atoms with Crippen LogP contribution in [0.5, 0.6) is 0 Å². The van der Waals surface area contributed by atoms with Crippen molar-refractivity contribution in [2.75, 3.05) is 27.8 Å². The molecule has 0 heterocycles. The number of carbonyl (C=O) groups excluding carboxylic acids is 2. The Morgan fingerprint density at radius 2 is 1.67 bits per heavy atom. The first kappa shape index (κ1) is 20.1. The van der Waals surface area contributed by atoms with Gasteiger partial charge >= 0.3 is 0 Å². The van der Waals surface area contributed by atoms with E-state index in [4.69, 9.17) is 9.47 Å². The normalized spacial score (nSPS) is 14.5. The van der Waals surface area contributed by atoms with E-state index in [9.17, 15) is 9.59 Å². The van der Waals surface area contributed by atoms with Crippen LogP contribution in [0.4, 0.5) is 0 Å². The summed E-state index contributed by atoms with van der Waals surface area (Å²) in [6.07, 6.45) is -0.426. The molecule has 1 rings (SSSR count). The number of nitrogens with one attached hydrogen (secondary N) is 1. The summed E-state index contributed by atoms with van der Waals surface area (Å²) in [5.74, 6) is -0.316. The monoisotopic (exact) mass is 336 g/mol. The third-order valence-electron chi connectivity index (χ3n) is 3.97. The van der Waals surface area contributed by atoms with Crippen LogP contribution in [-0.2, 0) is 25.5 Å². The van der Waals surface area contributed by atoms with Crippen LogP contribution in [0.2, 0.25) is 0 Å². The summed E-state index contributed by atoms with van der Waals surface area (Å²) in [5.41, 5.74) is 1.09. The van der Waals surface area contributed by atoms with Crippen molar-refractivity contribution in [2.45, 2.75) is 38.5 Å². The molecule has 0 saturated heterocycles. The molecule has 0 spiro atoms. The van der Waals surface area contributed by atoms with Gasteiger partial charge in [-0.05, 0) is 25.8 Å². The molecule has 0 fully saturated rings. The van der Waals surface area contributed by atoms with Gasteiger partial charge in [0.05, 0.1) is 6.04 Å². The van der Waals surface area contributed by atoms with Gasteiger partial charge in [-0.2, -0.15) is 0 Å². The first-order chi connectivity index (χ1) is 11.4. The van der Waals surface area contributed by atoms with Crippen LogP contribution in [-0.4, -0.2) is 62.8 Å². The molecule has 0 aromatic heterocycles. The van der Waals surface area contributed by atoms with Gasteiger partial charge in [0.1, 0.15) is 12.2 Å². The Hall–Kier alpha value is -1.92. The second kappa shape index (κ2) is 10.1. The molecule has 1 aromatic carbocycles. The van der Waals surface area contributed by atoms with Crippen molar-refractivity contribution in [1.82, 2.24) is 10.2 Å². The minimum atomic E-state index is -0.540. The Kier molecular flexibility index (Phi) is 8.43. The average Bonchev–Trinajstić information content (AvgIpc) is 2.60. The molecule has 0 radical (unpaired) electrons. The third kappa shape index (κ3) is 6.29. The molecule has 0 aliphatic rings. The number of rotatable bonds is 9. The number of methoxy groups -OCH3 is 2. The Balaban J connectivity index is 2.80. The molecule has 24 heavy (non-hydrogen) atoms. The maximum absolute atomic E-state index is 12.2. The number of likely N-dealkylation sites (N-methyl/N-ethyl adjacent to an activating group) is 1. The van der Waals surface area contributed by atoms with Gasteiger partial charge in [0.25, 0.3) is 5.91 Å². The largest absolute Gasteiger partial charge is 0.372 e. The van der Waals surface area contributed by atoms with Gasteiger partial charge in [-0.1, -0.05) is 30.3 Å². The van der Waals surface area contributed by atoms with Gasteiger partial charge in [0.15, 0.2) is 0 Å². The van der Waals surface area contributed by atoms with Crippen molar-refractivity contribution in [3.63, 3.8) is 0 Å². The maximum Gasteiger partial charge on any atom is 0.251 e. The maximum atomic E-state index is 12.2. The van der Waals surface area contributed by atoms with Crippen LogP contribution >= 0.6 is 0 Å². The molecule has 1 aromatic rings. The van der Waals surface area contributed by atoms with E-state index in [1.807, 2.05) is 30.3 Å². The van der Waals surface area contributed by atoms with Crippen LogP contribution < -0.4 is 5.32 Å². The Labute approximate surface area is 144 Å². The van der Waals surface area contributed by atoms with E-state index in [1.165, 1.54) is 14.2 Å². The number of hydrogen-bond acceptors (Lipinski definition) is 4. The zero-order valence-corrected chi connectivity index (χ0v) is 15.1. The standard InChI is InChI=1S/C18H28N2O4/c1-13(23-4)17(21)19-16(11-15-9-7-6-8-10-15)12-20(3)18(22)14(2)24-5/h6-10,13-14,16H,11-12H2,1-5H3,(H,19,21)/t13-,14-,16-/m1/s1. The third-order valence-corrected chi connectivity index (χ3v) is 3.97. The van der Waals surface area contributed by atoms with Crippen molar-refractivity contribution in [3.05, 3.63) is 35.9 Å². The smallest absolute Gasteiger partial charge is 0.251 e. The summed E-state index contributed by atoms with van der Waals surface area (Å²) in [7, 11) is 4.70. The number of nitrogens with zero attached hydrogens (tertiary/aromatic N) is 1. The highest BCUT2D eigenvalue weighted by molar-refractivity contribution is 5.81. The summed E-state index contributed by atoms with van der Waals surface area (Å²) in [5, 5.41) is 2.96. The molecule has 1 N–H and O–H groups in total. The molecule has 2 amide bonds. The van der Waals surface area contributed by atoms with Crippen molar-refractivity contribution in [1.29, 1.82) is 0 Å². The van der Waals surface area contributed by atoms with E-state index >= 15 is 0 Å². The van der Waals surface area contributed by atoms with E-state index in [1.54, 1.807) is 25.8 Å². The molecule has 0 unspecified atom stereocenters. The van der Waals surface area contributed by atoms with E-state index < -0.39 is 12.2 Å². The minimum absolute atomic E-state index is 0.121. The number of hydrogen-bond donors (Lipinski definition) is 1. The number of carbonyl (C=O) groups is 2. The second-order valence-electron chi connectivity index (χ2n) is 5.87. The van der Waals surface area contributed by atoms with Crippen LogP contribution in [0.1, 0.15) is 19.4 Å². The zero-order chi connectivity index (χ0) is 18.1. The Morgan fingerprint density at radius 1 is 1.08 bits per heavy atom. The van der Waals surface area contributed by atoms with Crippen LogP contribution in [0.15, 0.2) is 30.3 Å². The minimum Gasteiger partial charge on any atom is -0.372 e. The fraction of sp³-hybridized carbons (Fsp3) is 0.556. The summed E-state index contributed by atoms with van der Waals surface area (Å²) in [6, 6.07) is 9.63. The van der Waals surface area contributed by atoms with E-state index in [2.05, 4.69) is 5.32 Å². The lowest BCUT2D eigenvalue weighted by molar-refractivity contribution is -0.140. The topological polar surface area (TPSA) is 67.9 Å². The molecule has 6 nitrogen and oxygen atoms in total. The fourth-order valence-corrected chi connectivity index (χ4v) is 2.32. The number of ether oxygens (including phenoxy) is 2. The fourth-order valence-electron chi connectivity index (χ4n) is 2.32. The summed E-state index contributed by atoms with van der Waals surface area (Å²) in [6.45, 7) is 3.79. The SMILES string of the molecule is CO[C@H](C)C(=O)N[C@H](Cc1ccccc1)CN(C)C(=O)[C@@H](C)OC. The Morgan fingerprint density at radius 3 is 2.21 bits per heavy atom.